The van der Waals surface area contributed by atoms with E-state index in [9.17, 15) is 13.6 Å². The van der Waals surface area contributed by atoms with Crippen molar-refractivity contribution >= 4 is 17.3 Å². The van der Waals surface area contributed by atoms with E-state index in [1.54, 1.807) is 12.1 Å². The van der Waals surface area contributed by atoms with Crippen LogP contribution in [0.2, 0.25) is 0 Å². The third kappa shape index (κ3) is 5.00. The summed E-state index contributed by atoms with van der Waals surface area (Å²) in [6, 6.07) is 6.27. The molecule has 0 fully saturated rings. The zero-order chi connectivity index (χ0) is 16.8. The van der Waals surface area contributed by atoms with Crippen LogP contribution in [0.25, 0.3) is 0 Å². The Morgan fingerprint density at radius 3 is 2.70 bits per heavy atom. The van der Waals surface area contributed by atoms with Crippen molar-refractivity contribution in [2.24, 2.45) is 0 Å². The molecule has 0 unspecified atom stereocenters. The lowest BCUT2D eigenvalue weighted by Crippen LogP contribution is -2.21. The van der Waals surface area contributed by atoms with Crippen molar-refractivity contribution in [3.63, 3.8) is 0 Å². The summed E-state index contributed by atoms with van der Waals surface area (Å²) in [5.41, 5.74) is 0.791. The molecule has 1 aromatic heterocycles. The van der Waals surface area contributed by atoms with Crippen molar-refractivity contribution in [2.45, 2.75) is 0 Å². The molecule has 2 N–H and O–H groups in total. The Labute approximate surface area is 133 Å². The van der Waals surface area contributed by atoms with E-state index in [1.807, 2.05) is 19.0 Å². The van der Waals surface area contributed by atoms with E-state index in [0.717, 1.165) is 18.3 Å². The highest BCUT2D eigenvalue weighted by Crippen LogP contribution is 2.16. The molecule has 23 heavy (non-hydrogen) atoms. The number of nitrogens with one attached hydrogen (secondary N) is 2. The molecule has 122 valence electrons. The van der Waals surface area contributed by atoms with Crippen LogP contribution in [0, 0.1) is 11.6 Å². The second-order valence-electron chi connectivity index (χ2n) is 5.24. The fraction of sp³-hybridized carbons (Fsp3) is 0.250. The van der Waals surface area contributed by atoms with E-state index in [4.69, 9.17) is 0 Å². The molecule has 5 nitrogen and oxygen atoms in total. The molecule has 0 radical (unpaired) electrons. The van der Waals surface area contributed by atoms with Gasteiger partial charge in [0.2, 0.25) is 0 Å². The largest absolute Gasteiger partial charge is 0.384 e. The van der Waals surface area contributed by atoms with Crippen molar-refractivity contribution in [2.75, 3.05) is 37.8 Å². The highest BCUT2D eigenvalue weighted by molar-refractivity contribution is 6.03. The number of likely N-dealkylation sites (N-methyl/N-ethyl adjacent to an activating group) is 1. The first-order valence-corrected chi connectivity index (χ1v) is 7.07. The van der Waals surface area contributed by atoms with E-state index in [2.05, 4.69) is 15.6 Å². The van der Waals surface area contributed by atoms with Gasteiger partial charge in [-0.15, -0.1) is 0 Å². The van der Waals surface area contributed by atoms with Crippen LogP contribution >= 0.6 is 0 Å². The molecule has 2 rings (SSSR count). The number of benzene rings is 1. The van der Waals surface area contributed by atoms with Gasteiger partial charge < -0.3 is 15.5 Å². The lowest BCUT2D eigenvalue weighted by molar-refractivity contribution is 0.102. The highest BCUT2D eigenvalue weighted by Gasteiger charge is 2.11. The molecule has 0 bridgehead atoms. The minimum absolute atomic E-state index is 0.0934. The minimum Gasteiger partial charge on any atom is -0.384 e. The van der Waals surface area contributed by atoms with E-state index in [1.165, 1.54) is 12.3 Å². The van der Waals surface area contributed by atoms with Crippen LogP contribution in [0.4, 0.5) is 20.2 Å². The van der Waals surface area contributed by atoms with E-state index in [-0.39, 0.29) is 11.4 Å². The maximum absolute atomic E-state index is 13.6. The summed E-state index contributed by atoms with van der Waals surface area (Å²) in [4.78, 5) is 18.1. The van der Waals surface area contributed by atoms with Crippen molar-refractivity contribution in [3.05, 3.63) is 53.9 Å². The third-order valence-electron chi connectivity index (χ3n) is 3.06. The molecular formula is C16H18F2N4O. The van der Waals surface area contributed by atoms with Crippen LogP contribution in [-0.2, 0) is 0 Å². The normalized spacial score (nSPS) is 10.7. The van der Waals surface area contributed by atoms with Crippen molar-refractivity contribution < 1.29 is 13.6 Å². The zero-order valence-electron chi connectivity index (χ0n) is 12.9. The fourth-order valence-corrected chi connectivity index (χ4v) is 1.87. The molecule has 0 aliphatic carbocycles. The summed E-state index contributed by atoms with van der Waals surface area (Å²) in [5.74, 6) is -2.10. The van der Waals surface area contributed by atoms with E-state index < -0.39 is 17.5 Å². The summed E-state index contributed by atoms with van der Waals surface area (Å²) in [6.45, 7) is 1.55. The Hall–Kier alpha value is -2.54. The molecule has 0 aliphatic rings. The summed E-state index contributed by atoms with van der Waals surface area (Å²) >= 11 is 0. The van der Waals surface area contributed by atoms with Crippen LogP contribution in [0.3, 0.4) is 0 Å². The Bertz CT molecular complexity index is 692. The number of halogens is 2. The molecule has 1 heterocycles. The Balaban J connectivity index is 2.04. The van der Waals surface area contributed by atoms with Gasteiger partial charge in [0.05, 0.1) is 5.69 Å². The quantitative estimate of drug-likeness (QED) is 0.859. The zero-order valence-corrected chi connectivity index (χ0v) is 12.9. The third-order valence-corrected chi connectivity index (χ3v) is 3.06. The monoisotopic (exact) mass is 320 g/mol. The number of rotatable bonds is 6. The van der Waals surface area contributed by atoms with Gasteiger partial charge in [-0.3, -0.25) is 9.78 Å². The van der Waals surface area contributed by atoms with Gasteiger partial charge in [0, 0.05) is 31.0 Å². The Morgan fingerprint density at radius 2 is 2.00 bits per heavy atom. The maximum atomic E-state index is 13.6. The molecular weight excluding hydrogens is 302 g/mol. The molecule has 0 saturated carbocycles. The number of aromatic nitrogens is 1. The predicted molar refractivity (Wildman–Crippen MR) is 85.6 cm³/mol. The smallest absolute Gasteiger partial charge is 0.274 e. The number of carbonyl (C=O) groups excluding carboxylic acids is 1. The molecule has 0 atom stereocenters. The topological polar surface area (TPSA) is 57.3 Å². The summed E-state index contributed by atoms with van der Waals surface area (Å²) < 4.78 is 26.4. The second kappa shape index (κ2) is 7.64. The van der Waals surface area contributed by atoms with Crippen molar-refractivity contribution in [3.8, 4) is 0 Å². The van der Waals surface area contributed by atoms with Gasteiger partial charge in [-0.1, -0.05) is 0 Å². The molecule has 1 amide bonds. The standard InChI is InChI=1S/C16H18F2N4O/c1-22(2)8-7-19-12-5-6-20-15(10-12)16(23)21-14-4-3-11(17)9-13(14)18/h3-6,9-10H,7-8H2,1-2H3,(H,19,20)(H,21,23). The lowest BCUT2D eigenvalue weighted by atomic mass is 10.2. The van der Waals surface area contributed by atoms with Gasteiger partial charge in [0.15, 0.2) is 0 Å². The predicted octanol–water partition coefficient (Wildman–Crippen LogP) is 2.59. The summed E-state index contributed by atoms with van der Waals surface area (Å²) in [6.07, 6.45) is 1.49. The number of anilines is 2. The van der Waals surface area contributed by atoms with Crippen LogP contribution < -0.4 is 10.6 Å². The number of hydrogen-bond donors (Lipinski definition) is 2. The van der Waals surface area contributed by atoms with Gasteiger partial charge in [-0.05, 0) is 38.4 Å². The van der Waals surface area contributed by atoms with Gasteiger partial charge in [-0.2, -0.15) is 0 Å². The first kappa shape index (κ1) is 16.8. The fourth-order valence-electron chi connectivity index (χ4n) is 1.87. The number of nitrogens with zero attached hydrogens (tertiary/aromatic N) is 2. The lowest BCUT2D eigenvalue weighted by Gasteiger charge is -2.12. The second-order valence-corrected chi connectivity index (χ2v) is 5.24. The molecule has 0 spiro atoms. The molecule has 0 aliphatic heterocycles. The van der Waals surface area contributed by atoms with Crippen LogP contribution in [-0.4, -0.2) is 43.0 Å². The summed E-state index contributed by atoms with van der Waals surface area (Å²) in [7, 11) is 3.93. The number of amides is 1. The van der Waals surface area contributed by atoms with Gasteiger partial charge in [-0.25, -0.2) is 8.78 Å². The first-order valence-electron chi connectivity index (χ1n) is 7.07. The molecule has 2 aromatic rings. The number of pyridine rings is 1. The minimum atomic E-state index is -0.835. The van der Waals surface area contributed by atoms with Crippen molar-refractivity contribution in [1.82, 2.24) is 9.88 Å². The van der Waals surface area contributed by atoms with E-state index >= 15 is 0 Å². The SMILES string of the molecule is CN(C)CCNc1ccnc(C(=O)Nc2ccc(F)cc2F)c1. The van der Waals surface area contributed by atoms with Gasteiger partial charge >= 0.3 is 0 Å². The van der Waals surface area contributed by atoms with Gasteiger partial charge in [0.1, 0.15) is 17.3 Å². The molecule has 7 heteroatoms. The first-order chi connectivity index (χ1) is 11.0. The number of carbonyl (C=O) groups is 1. The van der Waals surface area contributed by atoms with Crippen LogP contribution in [0.1, 0.15) is 10.5 Å². The molecule has 0 saturated heterocycles. The van der Waals surface area contributed by atoms with Crippen molar-refractivity contribution in [1.29, 1.82) is 0 Å². The number of hydrogen-bond acceptors (Lipinski definition) is 4. The van der Waals surface area contributed by atoms with Gasteiger partial charge in [0.25, 0.3) is 5.91 Å². The Kier molecular flexibility index (Phi) is 5.59. The van der Waals surface area contributed by atoms with Crippen LogP contribution in [0.15, 0.2) is 36.5 Å². The average Bonchev–Trinajstić information content (AvgIpc) is 2.50. The Morgan fingerprint density at radius 1 is 1.22 bits per heavy atom. The summed E-state index contributed by atoms with van der Waals surface area (Å²) in [5, 5.41) is 5.54. The average molecular weight is 320 g/mol. The van der Waals surface area contributed by atoms with E-state index in [0.29, 0.717) is 12.6 Å². The van der Waals surface area contributed by atoms with Crippen LogP contribution in [0.5, 0.6) is 0 Å². The molecule has 1 aromatic carbocycles. The highest BCUT2D eigenvalue weighted by atomic mass is 19.1. The maximum Gasteiger partial charge on any atom is 0.274 e.